The van der Waals surface area contributed by atoms with Gasteiger partial charge in [-0.05, 0) is 13.8 Å². The summed E-state index contributed by atoms with van der Waals surface area (Å²) in [6, 6.07) is 0. The Hall–Kier alpha value is -0.260. The third-order valence-corrected chi connectivity index (χ3v) is 1.44. The second kappa shape index (κ2) is 3.94. The molecule has 0 heterocycles. The van der Waals surface area contributed by atoms with E-state index in [2.05, 4.69) is 17.9 Å². The van der Waals surface area contributed by atoms with Gasteiger partial charge in [-0.15, -0.1) is 0 Å². The van der Waals surface area contributed by atoms with E-state index < -0.39 is 18.1 Å². The third-order valence-electron chi connectivity index (χ3n) is 1.32. The van der Waals surface area contributed by atoms with Crippen LogP contribution in [0.1, 0.15) is 13.8 Å². The molecular weight excluding hydrogens is 166 g/mol. The maximum Gasteiger partial charge on any atom is 0.326 e. The summed E-state index contributed by atoms with van der Waals surface area (Å²) in [7, 11) is 0. The lowest BCUT2D eigenvalue weighted by atomic mass is 10.1. The molecule has 0 saturated heterocycles. The van der Waals surface area contributed by atoms with Crippen molar-refractivity contribution in [2.75, 3.05) is 6.61 Å². The predicted octanol–water partition coefficient (Wildman–Crippen LogP) is -0.313. The Kier molecular flexibility index (Phi) is 3.85. The molecule has 66 valence electrons. The standard InChI is InChI=1S/C6H13NO3S/c1-4(11)7-6(2,3-8)5(9)10/h4,7-8,11H,3H2,1-2H3,(H,9,10)/t4?,6-/m0/s1. The fourth-order valence-electron chi connectivity index (χ4n) is 0.636. The molecular formula is C6H13NO3S. The van der Waals surface area contributed by atoms with Gasteiger partial charge in [0.25, 0.3) is 0 Å². The van der Waals surface area contributed by atoms with Crippen LogP contribution >= 0.6 is 12.6 Å². The van der Waals surface area contributed by atoms with E-state index in [1.54, 1.807) is 6.92 Å². The molecule has 2 atom stereocenters. The van der Waals surface area contributed by atoms with Crippen LogP contribution in [0.4, 0.5) is 0 Å². The van der Waals surface area contributed by atoms with Crippen LogP contribution in [0, 0.1) is 0 Å². The zero-order valence-electron chi connectivity index (χ0n) is 6.53. The van der Waals surface area contributed by atoms with E-state index in [1.807, 2.05) is 0 Å². The molecule has 0 bridgehead atoms. The summed E-state index contributed by atoms with van der Waals surface area (Å²) in [6.45, 7) is 2.65. The van der Waals surface area contributed by atoms with E-state index in [-0.39, 0.29) is 5.37 Å². The first-order valence-electron chi connectivity index (χ1n) is 3.22. The monoisotopic (exact) mass is 179 g/mol. The van der Waals surface area contributed by atoms with Crippen molar-refractivity contribution in [2.45, 2.75) is 24.8 Å². The summed E-state index contributed by atoms with van der Waals surface area (Å²) in [4.78, 5) is 10.5. The van der Waals surface area contributed by atoms with Gasteiger partial charge in [0.05, 0.1) is 6.61 Å². The first-order valence-corrected chi connectivity index (χ1v) is 3.74. The molecule has 0 radical (unpaired) electrons. The molecule has 0 fully saturated rings. The average molecular weight is 179 g/mol. The molecule has 5 heteroatoms. The summed E-state index contributed by atoms with van der Waals surface area (Å²) in [5.74, 6) is -1.08. The lowest BCUT2D eigenvalue weighted by Gasteiger charge is -2.25. The highest BCUT2D eigenvalue weighted by atomic mass is 32.1. The van der Waals surface area contributed by atoms with Gasteiger partial charge < -0.3 is 10.2 Å². The van der Waals surface area contributed by atoms with Crippen molar-refractivity contribution < 1.29 is 15.0 Å². The topological polar surface area (TPSA) is 69.6 Å². The number of nitrogens with one attached hydrogen (secondary N) is 1. The number of hydrogen-bond donors (Lipinski definition) is 4. The molecule has 0 spiro atoms. The molecule has 0 aliphatic rings. The van der Waals surface area contributed by atoms with Crippen molar-refractivity contribution in [3.05, 3.63) is 0 Å². The molecule has 0 aliphatic carbocycles. The van der Waals surface area contributed by atoms with Gasteiger partial charge in [0, 0.05) is 5.37 Å². The first-order chi connectivity index (χ1) is 4.92. The maximum absolute atomic E-state index is 10.5. The van der Waals surface area contributed by atoms with E-state index in [4.69, 9.17) is 10.2 Å². The second-order valence-electron chi connectivity index (χ2n) is 2.62. The smallest absolute Gasteiger partial charge is 0.326 e. The summed E-state index contributed by atoms with van der Waals surface area (Å²) >= 11 is 3.95. The average Bonchev–Trinajstić information content (AvgIpc) is 1.86. The fourth-order valence-corrected chi connectivity index (χ4v) is 0.921. The Balaban J connectivity index is 4.22. The number of thiol groups is 1. The number of aliphatic hydroxyl groups is 1. The molecule has 3 N–H and O–H groups in total. The highest BCUT2D eigenvalue weighted by molar-refractivity contribution is 7.80. The van der Waals surface area contributed by atoms with Crippen LogP contribution in [0.2, 0.25) is 0 Å². The highest BCUT2D eigenvalue weighted by Gasteiger charge is 2.32. The van der Waals surface area contributed by atoms with Crippen LogP contribution in [0.5, 0.6) is 0 Å². The van der Waals surface area contributed by atoms with Gasteiger partial charge in [-0.3, -0.25) is 10.1 Å². The zero-order chi connectivity index (χ0) is 9.07. The minimum Gasteiger partial charge on any atom is -0.480 e. The van der Waals surface area contributed by atoms with Gasteiger partial charge in [-0.1, -0.05) is 0 Å². The Morgan fingerprint density at radius 1 is 1.82 bits per heavy atom. The van der Waals surface area contributed by atoms with E-state index in [9.17, 15) is 4.79 Å². The SMILES string of the molecule is CC(S)N[C@@](C)(CO)C(=O)O. The van der Waals surface area contributed by atoms with Crippen LogP contribution in [0.15, 0.2) is 0 Å². The number of aliphatic carboxylic acids is 1. The second-order valence-corrected chi connectivity index (χ2v) is 3.39. The molecule has 0 saturated carbocycles. The fraction of sp³-hybridized carbons (Fsp3) is 0.833. The third kappa shape index (κ3) is 3.09. The van der Waals surface area contributed by atoms with Crippen molar-refractivity contribution in [3.8, 4) is 0 Å². The van der Waals surface area contributed by atoms with Crippen molar-refractivity contribution in [2.24, 2.45) is 0 Å². The number of rotatable bonds is 4. The summed E-state index contributed by atoms with van der Waals surface area (Å²) in [5.41, 5.74) is -1.29. The maximum atomic E-state index is 10.5. The lowest BCUT2D eigenvalue weighted by Crippen LogP contribution is -2.54. The minimum absolute atomic E-state index is 0.261. The number of carboxylic acids is 1. The highest BCUT2D eigenvalue weighted by Crippen LogP contribution is 2.05. The molecule has 4 nitrogen and oxygen atoms in total. The normalized spacial score (nSPS) is 18.9. The number of hydrogen-bond acceptors (Lipinski definition) is 4. The molecule has 11 heavy (non-hydrogen) atoms. The predicted molar refractivity (Wildman–Crippen MR) is 44.7 cm³/mol. The minimum atomic E-state index is -1.29. The van der Waals surface area contributed by atoms with Gasteiger partial charge in [-0.25, -0.2) is 0 Å². The Bertz CT molecular complexity index is 151. The zero-order valence-corrected chi connectivity index (χ0v) is 7.43. The molecule has 1 unspecified atom stereocenters. The lowest BCUT2D eigenvalue weighted by molar-refractivity contribution is -0.145. The first kappa shape index (κ1) is 10.7. The van der Waals surface area contributed by atoms with E-state index in [0.29, 0.717) is 0 Å². The molecule has 0 aromatic heterocycles. The van der Waals surface area contributed by atoms with Crippen molar-refractivity contribution in [3.63, 3.8) is 0 Å². The van der Waals surface area contributed by atoms with Gasteiger partial charge in [0.1, 0.15) is 5.54 Å². The van der Waals surface area contributed by atoms with Crippen molar-refractivity contribution >= 4 is 18.6 Å². The number of carboxylic acid groups (broad SMARTS) is 1. The van der Waals surface area contributed by atoms with Crippen LogP contribution in [-0.4, -0.2) is 33.7 Å². The largest absolute Gasteiger partial charge is 0.480 e. The summed E-state index contributed by atoms with van der Waals surface area (Å²) < 4.78 is 0. The van der Waals surface area contributed by atoms with Crippen molar-refractivity contribution in [1.82, 2.24) is 5.32 Å². The Morgan fingerprint density at radius 3 is 2.36 bits per heavy atom. The Labute approximate surface area is 71.0 Å². The van der Waals surface area contributed by atoms with E-state index in [1.165, 1.54) is 6.92 Å². The van der Waals surface area contributed by atoms with Gasteiger partial charge >= 0.3 is 5.97 Å². The molecule has 0 amide bonds. The molecule has 0 aliphatic heterocycles. The van der Waals surface area contributed by atoms with Gasteiger partial charge in [0.15, 0.2) is 0 Å². The number of aliphatic hydroxyl groups excluding tert-OH is 1. The Morgan fingerprint density at radius 2 is 2.27 bits per heavy atom. The van der Waals surface area contributed by atoms with E-state index in [0.717, 1.165) is 0 Å². The quantitative estimate of drug-likeness (QED) is 0.353. The van der Waals surface area contributed by atoms with Crippen LogP contribution in [0.3, 0.4) is 0 Å². The van der Waals surface area contributed by atoms with E-state index >= 15 is 0 Å². The molecule has 0 aromatic carbocycles. The van der Waals surface area contributed by atoms with Crippen molar-refractivity contribution in [1.29, 1.82) is 0 Å². The summed E-state index contributed by atoms with van der Waals surface area (Å²) in [5, 5.41) is 19.7. The van der Waals surface area contributed by atoms with Gasteiger partial charge in [0.2, 0.25) is 0 Å². The van der Waals surface area contributed by atoms with Crippen LogP contribution in [0.25, 0.3) is 0 Å². The van der Waals surface area contributed by atoms with Crippen LogP contribution in [-0.2, 0) is 4.79 Å². The van der Waals surface area contributed by atoms with Gasteiger partial charge in [-0.2, -0.15) is 12.6 Å². The molecule has 0 rings (SSSR count). The number of carbonyl (C=O) groups is 1. The summed E-state index contributed by atoms with van der Waals surface area (Å²) in [6.07, 6.45) is 0. The van der Waals surface area contributed by atoms with Crippen LogP contribution < -0.4 is 5.32 Å². The molecule has 0 aromatic rings.